The standard InChI is InChI=1S/C19H18ClNO5S/c1-25-16-8-10-17(11-9-16)27(23,24)21-18-12-7-15(20)13-14(18)5-3-4-6-19(22)26-2/h7-13,21H,4,6H2,1-2H3. The molecule has 2 aromatic carbocycles. The third-order valence-electron chi connectivity index (χ3n) is 3.50. The lowest BCUT2D eigenvalue weighted by Crippen LogP contribution is -2.13. The number of halogens is 1. The highest BCUT2D eigenvalue weighted by atomic mass is 35.5. The van der Waals surface area contributed by atoms with Crippen molar-refractivity contribution >= 4 is 33.3 Å². The Kier molecular flexibility index (Phi) is 7.11. The van der Waals surface area contributed by atoms with Crippen molar-refractivity contribution in [2.24, 2.45) is 0 Å². The van der Waals surface area contributed by atoms with Gasteiger partial charge < -0.3 is 9.47 Å². The predicted molar refractivity (Wildman–Crippen MR) is 103 cm³/mol. The number of carbonyl (C=O) groups excluding carboxylic acids is 1. The van der Waals surface area contributed by atoms with Crippen LogP contribution < -0.4 is 9.46 Å². The molecule has 2 rings (SSSR count). The summed E-state index contributed by atoms with van der Waals surface area (Å²) in [5.74, 6) is 5.84. The number of sulfonamides is 1. The van der Waals surface area contributed by atoms with E-state index in [1.54, 1.807) is 24.3 Å². The van der Waals surface area contributed by atoms with Gasteiger partial charge in [0.05, 0.1) is 36.8 Å². The molecule has 0 fully saturated rings. The predicted octanol–water partition coefficient (Wildman–Crippen LogP) is 3.45. The van der Waals surface area contributed by atoms with E-state index in [1.807, 2.05) is 0 Å². The molecule has 0 saturated carbocycles. The third kappa shape index (κ3) is 5.91. The molecule has 6 nitrogen and oxygen atoms in total. The van der Waals surface area contributed by atoms with E-state index < -0.39 is 10.0 Å². The number of rotatable bonds is 6. The van der Waals surface area contributed by atoms with Crippen LogP contribution in [0.5, 0.6) is 5.75 Å². The molecule has 8 heteroatoms. The molecule has 0 aromatic heterocycles. The second kappa shape index (κ2) is 9.31. The summed E-state index contributed by atoms with van der Waals surface area (Å²) in [6, 6.07) is 10.7. The molecule has 0 aliphatic rings. The van der Waals surface area contributed by atoms with Gasteiger partial charge in [-0.3, -0.25) is 9.52 Å². The Balaban J connectivity index is 2.24. The summed E-state index contributed by atoms with van der Waals surface area (Å²) in [7, 11) is -1.01. The summed E-state index contributed by atoms with van der Waals surface area (Å²) < 4.78 is 37.3. The zero-order valence-electron chi connectivity index (χ0n) is 14.8. The van der Waals surface area contributed by atoms with Crippen LogP contribution in [-0.4, -0.2) is 28.6 Å². The monoisotopic (exact) mass is 407 g/mol. The van der Waals surface area contributed by atoms with Crippen molar-refractivity contribution in [2.45, 2.75) is 17.7 Å². The molecular weight excluding hydrogens is 390 g/mol. The molecule has 142 valence electrons. The van der Waals surface area contributed by atoms with Crippen LogP contribution in [-0.2, 0) is 19.6 Å². The van der Waals surface area contributed by atoms with Gasteiger partial charge in [0, 0.05) is 11.4 Å². The third-order valence-corrected chi connectivity index (χ3v) is 5.12. The Morgan fingerprint density at radius 1 is 1.15 bits per heavy atom. The number of anilines is 1. The van der Waals surface area contributed by atoms with Gasteiger partial charge in [0.1, 0.15) is 5.75 Å². The number of nitrogens with one attached hydrogen (secondary N) is 1. The first-order chi connectivity index (χ1) is 12.9. The molecule has 0 aliphatic heterocycles. The highest BCUT2D eigenvalue weighted by molar-refractivity contribution is 7.92. The van der Waals surface area contributed by atoms with Gasteiger partial charge in [-0.1, -0.05) is 23.4 Å². The lowest BCUT2D eigenvalue weighted by Gasteiger charge is -2.11. The first-order valence-corrected chi connectivity index (χ1v) is 9.74. The number of carbonyl (C=O) groups is 1. The second-order valence-electron chi connectivity index (χ2n) is 5.35. The Morgan fingerprint density at radius 2 is 1.85 bits per heavy atom. The smallest absolute Gasteiger partial charge is 0.306 e. The van der Waals surface area contributed by atoms with Gasteiger partial charge in [0.25, 0.3) is 10.0 Å². The van der Waals surface area contributed by atoms with Crippen LogP contribution in [0, 0.1) is 11.8 Å². The molecular formula is C19H18ClNO5S. The van der Waals surface area contributed by atoms with Crippen molar-refractivity contribution in [1.82, 2.24) is 0 Å². The van der Waals surface area contributed by atoms with E-state index in [2.05, 4.69) is 21.3 Å². The second-order valence-corrected chi connectivity index (χ2v) is 7.47. The van der Waals surface area contributed by atoms with Crippen LogP contribution in [0.15, 0.2) is 47.4 Å². The van der Waals surface area contributed by atoms with E-state index in [4.69, 9.17) is 16.3 Å². The summed E-state index contributed by atoms with van der Waals surface area (Å²) >= 11 is 5.99. The molecule has 0 heterocycles. The molecule has 0 radical (unpaired) electrons. The van der Waals surface area contributed by atoms with Crippen molar-refractivity contribution in [2.75, 3.05) is 18.9 Å². The minimum absolute atomic E-state index is 0.0860. The average molecular weight is 408 g/mol. The van der Waals surface area contributed by atoms with Gasteiger partial charge in [0.2, 0.25) is 0 Å². The SMILES string of the molecule is COC(=O)CCC#Cc1cc(Cl)ccc1NS(=O)(=O)c1ccc(OC)cc1. The van der Waals surface area contributed by atoms with Gasteiger partial charge in [-0.05, 0) is 42.5 Å². The normalized spacial score (nSPS) is 10.5. The quantitative estimate of drug-likeness (QED) is 0.585. The van der Waals surface area contributed by atoms with Gasteiger partial charge >= 0.3 is 5.97 Å². The Morgan fingerprint density at radius 3 is 2.48 bits per heavy atom. The summed E-state index contributed by atoms with van der Waals surface area (Å²) in [5, 5.41) is 0.416. The summed E-state index contributed by atoms with van der Waals surface area (Å²) in [6.07, 6.45) is 0.431. The maximum absolute atomic E-state index is 12.6. The maximum Gasteiger partial charge on any atom is 0.306 e. The summed E-state index contributed by atoms with van der Waals surface area (Å²) in [4.78, 5) is 11.2. The average Bonchev–Trinajstić information content (AvgIpc) is 2.66. The van der Waals surface area contributed by atoms with Crippen molar-refractivity contribution in [1.29, 1.82) is 0 Å². The number of hydrogen-bond donors (Lipinski definition) is 1. The van der Waals surface area contributed by atoms with Crippen molar-refractivity contribution in [3.63, 3.8) is 0 Å². The lowest BCUT2D eigenvalue weighted by molar-refractivity contribution is -0.140. The Hall–Kier alpha value is -2.69. The van der Waals surface area contributed by atoms with Crippen molar-refractivity contribution in [3.05, 3.63) is 53.1 Å². The number of methoxy groups -OCH3 is 2. The molecule has 2 aromatic rings. The van der Waals surface area contributed by atoms with E-state index in [1.165, 1.54) is 32.4 Å². The summed E-state index contributed by atoms with van der Waals surface area (Å²) in [6.45, 7) is 0. The molecule has 0 amide bonds. The number of ether oxygens (including phenoxy) is 2. The van der Waals surface area contributed by atoms with Gasteiger partial charge in [-0.15, -0.1) is 0 Å². The largest absolute Gasteiger partial charge is 0.497 e. The van der Waals surface area contributed by atoms with Crippen LogP contribution >= 0.6 is 11.6 Å². The zero-order chi connectivity index (χ0) is 19.9. The molecule has 1 N–H and O–H groups in total. The molecule has 0 saturated heterocycles. The molecule has 0 bridgehead atoms. The molecule has 27 heavy (non-hydrogen) atoms. The van der Waals surface area contributed by atoms with Crippen LogP contribution in [0.3, 0.4) is 0 Å². The minimum Gasteiger partial charge on any atom is -0.497 e. The molecule has 0 aliphatic carbocycles. The first kappa shape index (κ1) is 20.6. The fourth-order valence-corrected chi connectivity index (χ4v) is 3.34. The number of hydrogen-bond acceptors (Lipinski definition) is 5. The minimum atomic E-state index is -3.81. The van der Waals surface area contributed by atoms with E-state index in [9.17, 15) is 13.2 Å². The van der Waals surface area contributed by atoms with E-state index in [-0.39, 0.29) is 23.7 Å². The zero-order valence-corrected chi connectivity index (χ0v) is 16.4. The van der Waals surface area contributed by atoms with E-state index in [0.717, 1.165) is 0 Å². The van der Waals surface area contributed by atoms with Crippen LogP contribution in [0.25, 0.3) is 0 Å². The molecule has 0 spiro atoms. The fourth-order valence-electron chi connectivity index (χ4n) is 2.09. The van der Waals surface area contributed by atoms with Crippen molar-refractivity contribution < 1.29 is 22.7 Å². The number of benzene rings is 2. The van der Waals surface area contributed by atoms with Crippen LogP contribution in [0.2, 0.25) is 5.02 Å². The van der Waals surface area contributed by atoms with Gasteiger partial charge in [0.15, 0.2) is 0 Å². The lowest BCUT2D eigenvalue weighted by atomic mass is 10.2. The topological polar surface area (TPSA) is 81.7 Å². The van der Waals surface area contributed by atoms with E-state index in [0.29, 0.717) is 22.0 Å². The number of esters is 1. The van der Waals surface area contributed by atoms with Crippen LogP contribution in [0.1, 0.15) is 18.4 Å². The van der Waals surface area contributed by atoms with Crippen molar-refractivity contribution in [3.8, 4) is 17.6 Å². The van der Waals surface area contributed by atoms with Crippen LogP contribution in [0.4, 0.5) is 5.69 Å². The van der Waals surface area contributed by atoms with Gasteiger partial charge in [-0.2, -0.15) is 0 Å². The Bertz CT molecular complexity index is 975. The van der Waals surface area contributed by atoms with E-state index >= 15 is 0 Å². The highest BCUT2D eigenvalue weighted by Gasteiger charge is 2.16. The Labute approximate surface area is 163 Å². The fraction of sp³-hybridized carbons (Fsp3) is 0.211. The highest BCUT2D eigenvalue weighted by Crippen LogP contribution is 2.24. The maximum atomic E-state index is 12.6. The van der Waals surface area contributed by atoms with Gasteiger partial charge in [-0.25, -0.2) is 8.42 Å². The first-order valence-electron chi connectivity index (χ1n) is 7.88. The summed E-state index contributed by atoms with van der Waals surface area (Å²) in [5.41, 5.74) is 0.699. The molecule has 0 unspecified atom stereocenters. The molecule has 0 atom stereocenters.